The van der Waals surface area contributed by atoms with Crippen molar-refractivity contribution in [2.45, 2.75) is 13.0 Å². The van der Waals surface area contributed by atoms with Crippen LogP contribution >= 0.6 is 12.2 Å². The molecule has 0 amide bonds. The van der Waals surface area contributed by atoms with Crippen LogP contribution in [0.5, 0.6) is 5.75 Å². The van der Waals surface area contributed by atoms with Crippen molar-refractivity contribution >= 4 is 17.2 Å². The van der Waals surface area contributed by atoms with E-state index in [4.69, 9.17) is 22.7 Å². The highest BCUT2D eigenvalue weighted by Crippen LogP contribution is 2.12. The molecule has 0 radical (unpaired) electrons. The molecule has 0 fully saturated rings. The first-order valence-corrected chi connectivity index (χ1v) is 6.62. The van der Waals surface area contributed by atoms with Gasteiger partial charge < -0.3 is 10.5 Å². The highest BCUT2D eigenvalue weighted by atomic mass is 32.1. The summed E-state index contributed by atoms with van der Waals surface area (Å²) in [5.74, 6) is 0.753. The van der Waals surface area contributed by atoms with Gasteiger partial charge >= 0.3 is 5.69 Å². The summed E-state index contributed by atoms with van der Waals surface area (Å²) in [6.45, 7) is 1.10. The van der Waals surface area contributed by atoms with Crippen LogP contribution < -0.4 is 16.2 Å². The van der Waals surface area contributed by atoms with Crippen LogP contribution in [0.4, 0.5) is 0 Å². The van der Waals surface area contributed by atoms with Crippen molar-refractivity contribution in [3.05, 3.63) is 58.8 Å². The third kappa shape index (κ3) is 3.89. The maximum absolute atomic E-state index is 11.4. The minimum absolute atomic E-state index is 0.242. The lowest BCUT2D eigenvalue weighted by Crippen LogP contribution is -2.22. The molecule has 6 heteroatoms. The van der Waals surface area contributed by atoms with Crippen molar-refractivity contribution in [3.8, 4) is 5.75 Å². The van der Waals surface area contributed by atoms with Gasteiger partial charge in [0.2, 0.25) is 0 Å². The van der Waals surface area contributed by atoms with Crippen molar-refractivity contribution < 1.29 is 4.74 Å². The number of ether oxygens (including phenoxy) is 1. The minimum atomic E-state index is -0.242. The standard InChI is InChI=1S/C14H15N3O2S/c15-13(20)11-3-5-12(6-4-11)19-10-2-9-17-8-1-7-16-14(17)18/h1,3-8H,2,9-10H2,(H2,15,20). The normalized spacial score (nSPS) is 10.2. The minimum Gasteiger partial charge on any atom is -0.494 e. The van der Waals surface area contributed by atoms with Gasteiger partial charge in [0, 0.05) is 24.5 Å². The number of rotatable bonds is 6. The SMILES string of the molecule is NC(=S)c1ccc(OCCCn2cccnc2=O)cc1. The van der Waals surface area contributed by atoms with Crippen LogP contribution in [0, 0.1) is 0 Å². The fourth-order valence-electron chi connectivity index (χ4n) is 1.70. The molecule has 5 nitrogen and oxygen atoms in total. The van der Waals surface area contributed by atoms with Crippen LogP contribution in [-0.4, -0.2) is 21.1 Å². The molecular weight excluding hydrogens is 274 g/mol. The van der Waals surface area contributed by atoms with E-state index in [2.05, 4.69) is 4.98 Å². The molecule has 104 valence electrons. The van der Waals surface area contributed by atoms with E-state index in [1.807, 2.05) is 24.3 Å². The van der Waals surface area contributed by atoms with Crippen molar-refractivity contribution in [2.24, 2.45) is 5.73 Å². The molecule has 1 aromatic heterocycles. The van der Waals surface area contributed by atoms with Crippen LogP contribution in [0.15, 0.2) is 47.5 Å². The van der Waals surface area contributed by atoms with Crippen molar-refractivity contribution in [1.82, 2.24) is 9.55 Å². The van der Waals surface area contributed by atoms with Crippen molar-refractivity contribution in [1.29, 1.82) is 0 Å². The number of aromatic nitrogens is 2. The molecule has 0 atom stereocenters. The van der Waals surface area contributed by atoms with Gasteiger partial charge in [0.1, 0.15) is 10.7 Å². The Hall–Kier alpha value is -2.21. The number of thiocarbonyl (C=S) groups is 1. The molecule has 1 aromatic carbocycles. The Morgan fingerprint density at radius 3 is 2.75 bits per heavy atom. The van der Waals surface area contributed by atoms with Gasteiger partial charge in [-0.25, -0.2) is 9.78 Å². The summed E-state index contributed by atoms with van der Waals surface area (Å²) >= 11 is 4.88. The molecule has 0 bridgehead atoms. The van der Waals surface area contributed by atoms with Gasteiger partial charge in [0.15, 0.2) is 0 Å². The topological polar surface area (TPSA) is 70.1 Å². The van der Waals surface area contributed by atoms with E-state index in [1.165, 1.54) is 6.20 Å². The zero-order valence-electron chi connectivity index (χ0n) is 10.9. The zero-order chi connectivity index (χ0) is 14.4. The summed E-state index contributed by atoms with van der Waals surface area (Å²) in [5.41, 5.74) is 6.09. The Labute approximate surface area is 122 Å². The summed E-state index contributed by atoms with van der Waals surface area (Å²) in [6, 6.07) is 9.03. The Morgan fingerprint density at radius 1 is 1.35 bits per heavy atom. The first-order valence-electron chi connectivity index (χ1n) is 6.21. The smallest absolute Gasteiger partial charge is 0.347 e. The number of nitrogens with two attached hydrogens (primary N) is 1. The summed E-state index contributed by atoms with van der Waals surface area (Å²) in [6.07, 6.45) is 3.92. The lowest BCUT2D eigenvalue weighted by molar-refractivity contribution is 0.300. The second-order valence-electron chi connectivity index (χ2n) is 4.19. The van der Waals surface area contributed by atoms with Crippen LogP contribution in [0.3, 0.4) is 0 Å². The van der Waals surface area contributed by atoms with Gasteiger partial charge in [-0.1, -0.05) is 12.2 Å². The lowest BCUT2D eigenvalue weighted by Gasteiger charge is -2.07. The van der Waals surface area contributed by atoms with Gasteiger partial charge in [0.05, 0.1) is 6.61 Å². The maximum atomic E-state index is 11.4. The van der Waals surface area contributed by atoms with Gasteiger partial charge in [-0.15, -0.1) is 0 Å². The highest BCUT2D eigenvalue weighted by Gasteiger charge is 1.99. The van der Waals surface area contributed by atoms with Gasteiger partial charge in [0.25, 0.3) is 0 Å². The zero-order valence-corrected chi connectivity index (χ0v) is 11.7. The Morgan fingerprint density at radius 2 is 2.10 bits per heavy atom. The van der Waals surface area contributed by atoms with Crippen LogP contribution in [-0.2, 0) is 6.54 Å². The number of nitrogens with zero attached hydrogens (tertiary/aromatic N) is 2. The molecule has 20 heavy (non-hydrogen) atoms. The first-order chi connectivity index (χ1) is 9.66. The van der Waals surface area contributed by atoms with E-state index >= 15 is 0 Å². The lowest BCUT2D eigenvalue weighted by atomic mass is 10.2. The van der Waals surface area contributed by atoms with E-state index in [1.54, 1.807) is 16.8 Å². The van der Waals surface area contributed by atoms with Gasteiger partial charge in [-0.2, -0.15) is 0 Å². The molecule has 2 rings (SSSR count). The monoisotopic (exact) mass is 289 g/mol. The molecule has 0 spiro atoms. The molecule has 1 heterocycles. The van der Waals surface area contributed by atoms with Crippen LogP contribution in [0.25, 0.3) is 0 Å². The molecule has 0 unspecified atom stereocenters. The summed E-state index contributed by atoms with van der Waals surface area (Å²) in [5, 5.41) is 0. The van der Waals surface area contributed by atoms with E-state index < -0.39 is 0 Å². The molecule has 0 saturated carbocycles. The predicted molar refractivity (Wildman–Crippen MR) is 80.9 cm³/mol. The second kappa shape index (κ2) is 6.81. The first kappa shape index (κ1) is 14.2. The molecule has 0 aliphatic heterocycles. The fourth-order valence-corrected chi connectivity index (χ4v) is 1.83. The third-order valence-corrected chi connectivity index (χ3v) is 2.97. The molecule has 0 aliphatic carbocycles. The van der Waals surface area contributed by atoms with Crippen molar-refractivity contribution in [3.63, 3.8) is 0 Å². The predicted octanol–water partition coefficient (Wildman–Crippen LogP) is 1.35. The van der Waals surface area contributed by atoms with Gasteiger partial charge in [-0.05, 0) is 36.8 Å². The largest absolute Gasteiger partial charge is 0.494 e. The average Bonchev–Trinajstić information content (AvgIpc) is 2.46. The number of hydrogen-bond acceptors (Lipinski definition) is 4. The number of hydrogen-bond donors (Lipinski definition) is 1. The van der Waals surface area contributed by atoms with E-state index in [-0.39, 0.29) is 5.69 Å². The number of aryl methyl sites for hydroxylation is 1. The second-order valence-corrected chi connectivity index (χ2v) is 4.63. The Balaban J connectivity index is 1.80. The van der Waals surface area contributed by atoms with E-state index in [0.717, 1.165) is 17.7 Å². The van der Waals surface area contributed by atoms with Crippen LogP contribution in [0.1, 0.15) is 12.0 Å². The highest BCUT2D eigenvalue weighted by molar-refractivity contribution is 7.80. The summed E-state index contributed by atoms with van der Waals surface area (Å²) < 4.78 is 7.14. The summed E-state index contributed by atoms with van der Waals surface area (Å²) in [4.78, 5) is 15.4. The Bertz CT molecular complexity index is 637. The quantitative estimate of drug-likeness (QED) is 0.642. The molecular formula is C14H15N3O2S. The van der Waals surface area contributed by atoms with Gasteiger partial charge in [-0.3, -0.25) is 4.57 Å². The summed E-state index contributed by atoms with van der Waals surface area (Å²) in [7, 11) is 0. The van der Waals surface area contributed by atoms with Crippen molar-refractivity contribution in [2.75, 3.05) is 6.61 Å². The van der Waals surface area contributed by atoms with E-state index in [0.29, 0.717) is 18.1 Å². The molecule has 2 aromatic rings. The van der Waals surface area contributed by atoms with E-state index in [9.17, 15) is 4.79 Å². The fraction of sp³-hybridized carbons (Fsp3) is 0.214. The average molecular weight is 289 g/mol. The maximum Gasteiger partial charge on any atom is 0.347 e. The third-order valence-electron chi connectivity index (χ3n) is 2.73. The molecule has 0 saturated heterocycles. The van der Waals surface area contributed by atoms with Crippen LogP contribution in [0.2, 0.25) is 0 Å². The molecule has 2 N–H and O–H groups in total. The Kier molecular flexibility index (Phi) is 4.84. The molecule has 0 aliphatic rings. The number of benzene rings is 1.